The van der Waals surface area contributed by atoms with E-state index in [1.54, 1.807) is 37.6 Å². The second kappa shape index (κ2) is 12.4. The Morgan fingerprint density at radius 3 is 2.57 bits per heavy atom. The summed E-state index contributed by atoms with van der Waals surface area (Å²) in [4.78, 5) is 35.3. The fourth-order valence-electron chi connectivity index (χ4n) is 6.32. The molecule has 2 fully saturated rings. The molecule has 0 amide bonds. The Kier molecular flexibility index (Phi) is 8.38. The summed E-state index contributed by atoms with van der Waals surface area (Å²) < 4.78 is 17.7. The lowest BCUT2D eigenvalue weighted by Crippen LogP contribution is -2.45. The Labute approximate surface area is 259 Å². The predicted octanol–water partition coefficient (Wildman–Crippen LogP) is 5.18. The van der Waals surface area contributed by atoms with E-state index < -0.39 is 17.5 Å². The molecule has 2 aromatic carbocycles. The third kappa shape index (κ3) is 5.79. The van der Waals surface area contributed by atoms with Crippen molar-refractivity contribution in [2.75, 3.05) is 45.2 Å². The third-order valence-electron chi connectivity index (χ3n) is 8.66. The van der Waals surface area contributed by atoms with Crippen LogP contribution in [-0.2, 0) is 9.53 Å². The van der Waals surface area contributed by atoms with E-state index in [0.717, 1.165) is 11.8 Å². The molecule has 10 nitrogen and oxygen atoms in total. The van der Waals surface area contributed by atoms with Crippen molar-refractivity contribution in [3.8, 4) is 28.7 Å². The van der Waals surface area contributed by atoms with Crippen LogP contribution in [-0.4, -0.2) is 72.5 Å². The summed E-state index contributed by atoms with van der Waals surface area (Å²) in [6.07, 6.45) is 2.87. The molecular weight excluding hydrogens is 586 g/mol. The first-order valence-electron chi connectivity index (χ1n) is 14.6. The van der Waals surface area contributed by atoms with Gasteiger partial charge >= 0.3 is 5.97 Å². The molecular formula is C33H34ClN3O7. The van der Waals surface area contributed by atoms with Gasteiger partial charge in [0.1, 0.15) is 34.3 Å². The van der Waals surface area contributed by atoms with Crippen LogP contribution in [0.2, 0.25) is 5.02 Å². The second-order valence-electron chi connectivity index (χ2n) is 11.4. The van der Waals surface area contributed by atoms with Crippen LogP contribution in [0.5, 0.6) is 17.4 Å². The highest BCUT2D eigenvalue weighted by molar-refractivity contribution is 6.33. The van der Waals surface area contributed by atoms with Crippen LogP contribution < -0.4 is 15.1 Å². The molecule has 0 unspecified atom stereocenters. The lowest BCUT2D eigenvalue weighted by molar-refractivity contribution is -0.158. The van der Waals surface area contributed by atoms with Gasteiger partial charge in [-0.15, -0.1) is 0 Å². The Balaban J connectivity index is 1.28. The van der Waals surface area contributed by atoms with E-state index in [-0.39, 0.29) is 40.1 Å². The highest BCUT2D eigenvalue weighted by atomic mass is 35.5. The molecule has 2 aliphatic heterocycles. The minimum Gasteiger partial charge on any atom is -0.507 e. The van der Waals surface area contributed by atoms with Crippen LogP contribution in [0.3, 0.4) is 0 Å². The van der Waals surface area contributed by atoms with Crippen LogP contribution in [0.25, 0.3) is 22.3 Å². The molecule has 11 heteroatoms. The maximum atomic E-state index is 13.5. The van der Waals surface area contributed by atoms with Gasteiger partial charge in [-0.25, -0.2) is 4.98 Å². The normalized spacial score (nSPS) is 19.7. The monoisotopic (exact) mass is 619 g/mol. The van der Waals surface area contributed by atoms with Crippen molar-refractivity contribution < 1.29 is 28.9 Å². The van der Waals surface area contributed by atoms with Gasteiger partial charge in [-0.3, -0.25) is 9.59 Å². The number of piperidine rings is 2. The zero-order valence-electron chi connectivity index (χ0n) is 24.5. The Morgan fingerprint density at radius 2 is 1.82 bits per heavy atom. The molecule has 44 heavy (non-hydrogen) atoms. The van der Waals surface area contributed by atoms with Gasteiger partial charge in [0.15, 0.2) is 5.43 Å². The Hall–Kier alpha value is -4.28. The van der Waals surface area contributed by atoms with Crippen molar-refractivity contribution in [1.29, 1.82) is 0 Å². The fraction of sp³-hybridized carbons (Fsp3) is 0.364. The number of methoxy groups -OCH3 is 1. The van der Waals surface area contributed by atoms with E-state index in [1.165, 1.54) is 6.07 Å². The molecule has 2 aromatic heterocycles. The smallest absolute Gasteiger partial charge is 0.309 e. The number of halogens is 1. The number of hydrogen-bond donors (Lipinski definition) is 2. The van der Waals surface area contributed by atoms with E-state index in [1.807, 2.05) is 19.2 Å². The zero-order chi connectivity index (χ0) is 31.0. The number of nitrogens with zero attached hydrogens (tertiary/aromatic N) is 3. The van der Waals surface area contributed by atoms with Gasteiger partial charge in [-0.1, -0.05) is 23.7 Å². The number of hydrogen-bond acceptors (Lipinski definition) is 10. The van der Waals surface area contributed by atoms with Gasteiger partial charge in [0, 0.05) is 66.8 Å². The number of anilines is 1. The van der Waals surface area contributed by atoms with Crippen LogP contribution in [0.1, 0.15) is 30.7 Å². The fourth-order valence-corrected chi connectivity index (χ4v) is 6.55. The molecule has 0 radical (unpaired) electrons. The maximum Gasteiger partial charge on any atom is 0.309 e. The lowest BCUT2D eigenvalue weighted by Gasteiger charge is -2.38. The number of ether oxygens (including phenoxy) is 2. The summed E-state index contributed by atoms with van der Waals surface area (Å²) in [5.74, 6) is -0.921. The summed E-state index contributed by atoms with van der Waals surface area (Å²) in [6, 6.07) is 13.2. The molecule has 0 bridgehead atoms. The quantitative estimate of drug-likeness (QED) is 0.279. The number of likely N-dealkylation sites (tertiary alicyclic amines) is 1. The summed E-state index contributed by atoms with van der Waals surface area (Å²) >= 11 is 6.41. The van der Waals surface area contributed by atoms with E-state index in [4.69, 9.17) is 25.5 Å². The summed E-state index contributed by atoms with van der Waals surface area (Å²) in [5, 5.41) is 22.2. The molecule has 2 N–H and O–H groups in total. The van der Waals surface area contributed by atoms with Crippen LogP contribution in [0.15, 0.2) is 63.9 Å². The number of rotatable bonds is 6. The van der Waals surface area contributed by atoms with Crippen LogP contribution in [0.4, 0.5) is 5.69 Å². The average Bonchev–Trinajstić information content (AvgIpc) is 3.02. The highest BCUT2D eigenvalue weighted by Crippen LogP contribution is 2.44. The zero-order valence-corrected chi connectivity index (χ0v) is 25.3. The number of aromatic nitrogens is 1. The first-order chi connectivity index (χ1) is 21.2. The number of carbonyl (C=O) groups excluding carboxylic acids is 1. The number of esters is 1. The van der Waals surface area contributed by atoms with Crippen molar-refractivity contribution in [2.24, 2.45) is 5.92 Å². The van der Waals surface area contributed by atoms with Crippen LogP contribution in [0, 0.1) is 5.92 Å². The molecule has 2 atom stereocenters. The number of pyridine rings is 1. The van der Waals surface area contributed by atoms with E-state index >= 15 is 0 Å². The molecule has 6 rings (SSSR count). The molecule has 0 aliphatic carbocycles. The second-order valence-corrected chi connectivity index (χ2v) is 11.8. The molecule has 230 valence electrons. The Bertz CT molecular complexity index is 1750. The summed E-state index contributed by atoms with van der Waals surface area (Å²) in [6.45, 7) is 2.46. The average molecular weight is 620 g/mol. The van der Waals surface area contributed by atoms with Gasteiger partial charge in [0.2, 0.25) is 5.88 Å². The van der Waals surface area contributed by atoms with Gasteiger partial charge in [-0.2, -0.15) is 0 Å². The van der Waals surface area contributed by atoms with Gasteiger partial charge in [0.05, 0.1) is 18.1 Å². The first kappa shape index (κ1) is 29.8. The third-order valence-corrected chi connectivity index (χ3v) is 8.99. The van der Waals surface area contributed by atoms with E-state index in [0.29, 0.717) is 67.5 Å². The first-order valence-corrected chi connectivity index (χ1v) is 15.0. The van der Waals surface area contributed by atoms with Crippen molar-refractivity contribution in [3.05, 3.63) is 75.5 Å². The van der Waals surface area contributed by atoms with Gasteiger partial charge in [0.25, 0.3) is 0 Å². The minimum atomic E-state index is -0.614. The maximum absolute atomic E-state index is 13.5. The molecule has 0 saturated carbocycles. The minimum absolute atomic E-state index is 0.0438. The number of benzene rings is 2. The summed E-state index contributed by atoms with van der Waals surface area (Å²) in [5.41, 5.74) is 1.41. The van der Waals surface area contributed by atoms with Crippen LogP contribution >= 0.6 is 11.6 Å². The topological polar surface area (TPSA) is 126 Å². The number of aromatic hydroxyl groups is 2. The summed E-state index contributed by atoms with van der Waals surface area (Å²) in [7, 11) is 3.53. The number of fused-ring (bicyclic) bond motifs is 1. The van der Waals surface area contributed by atoms with Gasteiger partial charge in [-0.05, 0) is 51.1 Å². The number of phenols is 2. The Morgan fingerprint density at radius 1 is 1.05 bits per heavy atom. The number of carbonyl (C=O) groups is 1. The molecule has 2 saturated heterocycles. The largest absolute Gasteiger partial charge is 0.507 e. The standard InChI is InChI=1S/C33H34ClN3O7/c1-36-12-10-22(28(18-36)44-33(41)19-8-13-37(14-9-19)20-7-11-35-29(15-20)42-2)30-24(38)16-25(39)31-26(40)17-27(43-32(30)31)21-5-3-4-6-23(21)34/h3-7,11,15-17,19,22,28,38-39H,8-10,12-14,18H2,1-2H3/t22-,28+/m0/s1. The number of likely N-dealkylation sites (N-methyl/N-ethyl adjacent to an activating group) is 1. The van der Waals surface area contributed by atoms with E-state index in [2.05, 4.69) is 14.8 Å². The van der Waals surface area contributed by atoms with Gasteiger partial charge < -0.3 is 33.9 Å². The molecule has 0 spiro atoms. The van der Waals surface area contributed by atoms with Crippen molar-refractivity contribution >= 4 is 34.2 Å². The predicted molar refractivity (Wildman–Crippen MR) is 167 cm³/mol. The van der Waals surface area contributed by atoms with E-state index in [9.17, 15) is 19.8 Å². The SMILES string of the molecule is COc1cc(N2CCC(C(=O)O[C@@H]3CN(C)CC[C@@H]3c3c(O)cc(O)c4c(=O)cc(-c5ccccc5Cl)oc34)CC2)ccn1. The lowest BCUT2D eigenvalue weighted by atomic mass is 9.85. The number of phenolic OH excluding ortho intramolecular Hbond substituents is 2. The van der Waals surface area contributed by atoms with Crippen molar-refractivity contribution in [1.82, 2.24) is 9.88 Å². The molecule has 2 aliphatic rings. The molecule has 4 heterocycles. The van der Waals surface area contributed by atoms with Crippen molar-refractivity contribution in [2.45, 2.75) is 31.3 Å². The highest BCUT2D eigenvalue weighted by Gasteiger charge is 2.38. The molecule has 4 aromatic rings. The van der Waals surface area contributed by atoms with Crippen molar-refractivity contribution in [3.63, 3.8) is 0 Å².